The van der Waals surface area contributed by atoms with Crippen LogP contribution in [-0.2, 0) is 4.74 Å². The number of fused-ring (bicyclic) bond motifs is 1. The summed E-state index contributed by atoms with van der Waals surface area (Å²) >= 11 is 0. The van der Waals surface area contributed by atoms with Crippen molar-refractivity contribution in [1.29, 1.82) is 0 Å². The Morgan fingerprint density at radius 2 is 2.20 bits per heavy atom. The summed E-state index contributed by atoms with van der Waals surface area (Å²) in [5.74, 6) is 0. The molecule has 0 N–H and O–H groups in total. The number of hydrogen-bond donors (Lipinski definition) is 0. The van der Waals surface area contributed by atoms with Gasteiger partial charge in [-0.1, -0.05) is 0 Å². The Morgan fingerprint density at radius 1 is 1.20 bits per heavy atom. The van der Waals surface area contributed by atoms with E-state index in [0.29, 0.717) is 0 Å². The van der Waals surface area contributed by atoms with Crippen LogP contribution < -0.4 is 0 Å². The van der Waals surface area contributed by atoms with E-state index in [0.717, 1.165) is 36.2 Å². The Bertz CT molecular complexity index is 478. The molecule has 3 rings (SSSR count). The van der Waals surface area contributed by atoms with Crippen LogP contribution in [0.4, 0.5) is 0 Å². The first-order valence-corrected chi connectivity index (χ1v) is 5.27. The van der Waals surface area contributed by atoms with Crippen LogP contribution in [0.25, 0.3) is 11.0 Å². The van der Waals surface area contributed by atoms with E-state index in [1.54, 1.807) is 6.20 Å². The molecule has 3 heterocycles. The highest BCUT2D eigenvalue weighted by Gasteiger charge is 2.18. The number of aromatic nitrogens is 2. The highest BCUT2D eigenvalue weighted by molar-refractivity contribution is 5.73. The van der Waals surface area contributed by atoms with Crippen molar-refractivity contribution < 1.29 is 4.74 Å². The predicted molar refractivity (Wildman–Crippen MR) is 57.5 cm³/mol. The van der Waals surface area contributed by atoms with Gasteiger partial charge >= 0.3 is 0 Å². The van der Waals surface area contributed by atoms with Gasteiger partial charge in [0.15, 0.2) is 0 Å². The zero-order valence-corrected chi connectivity index (χ0v) is 8.39. The summed E-state index contributed by atoms with van der Waals surface area (Å²) in [4.78, 5) is 8.82. The molecule has 1 atom stereocenters. The molecule has 0 radical (unpaired) electrons. The summed E-state index contributed by atoms with van der Waals surface area (Å²) in [6.45, 7) is 0.859. The summed E-state index contributed by atoms with van der Waals surface area (Å²) in [6.07, 6.45) is 4.20. The summed E-state index contributed by atoms with van der Waals surface area (Å²) in [6, 6.07) is 7.93. The number of pyridine rings is 2. The molecular weight excluding hydrogens is 188 g/mol. The van der Waals surface area contributed by atoms with Crippen LogP contribution >= 0.6 is 0 Å². The number of hydrogen-bond acceptors (Lipinski definition) is 3. The van der Waals surface area contributed by atoms with Gasteiger partial charge in [0.05, 0.1) is 22.8 Å². The molecule has 15 heavy (non-hydrogen) atoms. The third-order valence-corrected chi connectivity index (χ3v) is 2.74. The van der Waals surface area contributed by atoms with E-state index < -0.39 is 0 Å². The minimum absolute atomic E-state index is 0.189. The third kappa shape index (κ3) is 1.59. The molecule has 3 heteroatoms. The zero-order valence-electron chi connectivity index (χ0n) is 8.39. The van der Waals surface area contributed by atoms with E-state index in [1.165, 1.54) is 0 Å². The average molecular weight is 200 g/mol. The number of rotatable bonds is 1. The fraction of sp³-hybridized carbons (Fsp3) is 0.333. The normalized spacial score (nSPS) is 20.9. The molecule has 0 spiro atoms. The summed E-state index contributed by atoms with van der Waals surface area (Å²) in [5.41, 5.74) is 2.93. The lowest BCUT2D eigenvalue weighted by atomic mass is 10.1. The fourth-order valence-electron chi connectivity index (χ4n) is 1.96. The van der Waals surface area contributed by atoms with E-state index >= 15 is 0 Å². The molecule has 2 aromatic rings. The molecule has 0 aromatic carbocycles. The topological polar surface area (TPSA) is 35.0 Å². The molecule has 0 saturated carbocycles. The van der Waals surface area contributed by atoms with Crippen LogP contribution in [0, 0.1) is 0 Å². The Balaban J connectivity index is 2.05. The van der Waals surface area contributed by atoms with Crippen molar-refractivity contribution >= 4 is 11.0 Å². The summed E-state index contributed by atoms with van der Waals surface area (Å²) in [7, 11) is 0. The van der Waals surface area contributed by atoms with Gasteiger partial charge in [0.1, 0.15) is 0 Å². The van der Waals surface area contributed by atoms with Gasteiger partial charge in [0.2, 0.25) is 0 Å². The first kappa shape index (κ1) is 8.80. The Labute approximate surface area is 88.1 Å². The quantitative estimate of drug-likeness (QED) is 0.709. The van der Waals surface area contributed by atoms with Crippen molar-refractivity contribution in [1.82, 2.24) is 9.97 Å². The first-order valence-electron chi connectivity index (χ1n) is 5.27. The highest BCUT2D eigenvalue weighted by atomic mass is 16.5. The molecule has 1 aliphatic rings. The van der Waals surface area contributed by atoms with Crippen LogP contribution in [-0.4, -0.2) is 16.6 Å². The summed E-state index contributed by atoms with van der Waals surface area (Å²) in [5, 5.41) is 0. The molecule has 76 valence electrons. The van der Waals surface area contributed by atoms with E-state index in [9.17, 15) is 0 Å². The lowest BCUT2D eigenvalue weighted by Gasteiger charge is -2.08. The minimum atomic E-state index is 0.189. The largest absolute Gasteiger partial charge is 0.372 e. The van der Waals surface area contributed by atoms with Crippen molar-refractivity contribution in [2.45, 2.75) is 18.9 Å². The van der Waals surface area contributed by atoms with Crippen molar-refractivity contribution in [2.75, 3.05) is 6.61 Å². The van der Waals surface area contributed by atoms with Gasteiger partial charge in [-0.25, -0.2) is 4.98 Å². The smallest absolute Gasteiger partial charge is 0.0995 e. The predicted octanol–water partition coefficient (Wildman–Crippen LogP) is 2.48. The van der Waals surface area contributed by atoms with E-state index in [1.807, 2.05) is 24.3 Å². The SMILES string of the molecule is c1cnc2ccc(C3CCCO3)nc2c1. The molecule has 3 nitrogen and oxygen atoms in total. The second kappa shape index (κ2) is 3.59. The van der Waals surface area contributed by atoms with E-state index in [2.05, 4.69) is 9.97 Å². The lowest BCUT2D eigenvalue weighted by Crippen LogP contribution is -1.99. The number of ether oxygens (including phenoxy) is 1. The van der Waals surface area contributed by atoms with Gasteiger partial charge in [0.25, 0.3) is 0 Å². The lowest BCUT2D eigenvalue weighted by molar-refractivity contribution is 0.109. The van der Waals surface area contributed by atoms with Gasteiger partial charge in [-0.05, 0) is 37.1 Å². The van der Waals surface area contributed by atoms with Crippen molar-refractivity contribution in [2.24, 2.45) is 0 Å². The van der Waals surface area contributed by atoms with Gasteiger partial charge in [-0.15, -0.1) is 0 Å². The zero-order chi connectivity index (χ0) is 10.1. The molecule has 0 amide bonds. The first-order chi connectivity index (χ1) is 7.43. The maximum Gasteiger partial charge on any atom is 0.0995 e. The van der Waals surface area contributed by atoms with E-state index in [-0.39, 0.29) is 6.10 Å². The summed E-state index contributed by atoms with van der Waals surface area (Å²) < 4.78 is 5.60. The second-order valence-electron chi connectivity index (χ2n) is 3.78. The van der Waals surface area contributed by atoms with Crippen molar-refractivity contribution in [3.05, 3.63) is 36.2 Å². The molecule has 1 saturated heterocycles. The second-order valence-corrected chi connectivity index (χ2v) is 3.78. The van der Waals surface area contributed by atoms with Crippen LogP contribution in [0.5, 0.6) is 0 Å². The molecule has 2 aromatic heterocycles. The van der Waals surface area contributed by atoms with Gasteiger partial charge < -0.3 is 4.74 Å². The van der Waals surface area contributed by atoms with E-state index in [4.69, 9.17) is 4.74 Å². The van der Waals surface area contributed by atoms with Crippen LogP contribution in [0.1, 0.15) is 24.6 Å². The van der Waals surface area contributed by atoms with Gasteiger partial charge in [-0.2, -0.15) is 0 Å². The third-order valence-electron chi connectivity index (χ3n) is 2.74. The molecule has 1 fully saturated rings. The average Bonchev–Trinajstić information content (AvgIpc) is 2.82. The van der Waals surface area contributed by atoms with Crippen LogP contribution in [0.15, 0.2) is 30.5 Å². The maximum atomic E-state index is 5.60. The number of nitrogens with zero attached hydrogens (tertiary/aromatic N) is 2. The highest BCUT2D eigenvalue weighted by Crippen LogP contribution is 2.27. The molecule has 1 aliphatic heterocycles. The molecule has 0 aliphatic carbocycles. The van der Waals surface area contributed by atoms with Crippen molar-refractivity contribution in [3.63, 3.8) is 0 Å². The van der Waals surface area contributed by atoms with Crippen molar-refractivity contribution in [3.8, 4) is 0 Å². The molecule has 1 unspecified atom stereocenters. The Morgan fingerprint density at radius 3 is 3.07 bits per heavy atom. The Kier molecular flexibility index (Phi) is 2.10. The molecular formula is C12H12N2O. The monoisotopic (exact) mass is 200 g/mol. The maximum absolute atomic E-state index is 5.60. The van der Waals surface area contributed by atoms with Crippen LogP contribution in [0.3, 0.4) is 0 Å². The Hall–Kier alpha value is -1.48. The fourth-order valence-corrected chi connectivity index (χ4v) is 1.96. The van der Waals surface area contributed by atoms with Crippen LogP contribution in [0.2, 0.25) is 0 Å². The minimum Gasteiger partial charge on any atom is -0.372 e. The molecule has 0 bridgehead atoms. The van der Waals surface area contributed by atoms with Gasteiger partial charge in [0, 0.05) is 12.8 Å². The standard InChI is InChI=1S/C12H12N2O/c1-3-10-9(13-7-1)5-6-11(14-10)12-4-2-8-15-12/h1,3,5-7,12H,2,4,8H2. The van der Waals surface area contributed by atoms with Gasteiger partial charge in [-0.3, -0.25) is 4.98 Å².